The first-order valence-electron chi connectivity index (χ1n) is 3.94. The van der Waals surface area contributed by atoms with E-state index in [-0.39, 0.29) is 5.97 Å². The molecule has 0 aromatic rings. The van der Waals surface area contributed by atoms with Crippen LogP contribution in [-0.2, 0) is 9.53 Å². The van der Waals surface area contributed by atoms with Crippen LogP contribution in [0, 0.1) is 0 Å². The summed E-state index contributed by atoms with van der Waals surface area (Å²) in [6, 6.07) is -0.607. The van der Waals surface area contributed by atoms with E-state index in [1.165, 1.54) is 0 Å². The lowest BCUT2D eigenvalue weighted by Crippen LogP contribution is -2.36. The highest BCUT2D eigenvalue weighted by molar-refractivity contribution is 5.75. The molecule has 1 aliphatic heterocycles. The molecule has 0 aromatic heterocycles. The van der Waals surface area contributed by atoms with E-state index in [9.17, 15) is 4.79 Å². The van der Waals surface area contributed by atoms with E-state index >= 15 is 0 Å². The Hall–Kier alpha value is -0.970. The number of carbonyl (C=O) groups is 1. The highest BCUT2D eigenvalue weighted by atomic mass is 16.5. The maximum atomic E-state index is 11.0. The molecule has 0 aliphatic carbocycles. The molecular weight excluding hydrogens is 158 g/mol. The lowest BCUT2D eigenvalue weighted by Gasteiger charge is -2.11. The maximum Gasteiger partial charge on any atom is 0.323 e. The number of hydrogen-bond acceptors (Lipinski definition) is 5. The van der Waals surface area contributed by atoms with Gasteiger partial charge in [-0.2, -0.15) is 10.2 Å². The summed E-state index contributed by atoms with van der Waals surface area (Å²) >= 11 is 0. The van der Waals surface area contributed by atoms with Crippen LogP contribution in [0.5, 0.6) is 0 Å². The van der Waals surface area contributed by atoms with Crippen LogP contribution in [0.25, 0.3) is 0 Å². The minimum atomic E-state index is -0.607. The fraction of sp³-hybridized carbons (Fsp3) is 0.857. The van der Waals surface area contributed by atoms with Crippen LogP contribution >= 0.6 is 0 Å². The minimum Gasteiger partial charge on any atom is -0.465 e. The van der Waals surface area contributed by atoms with Gasteiger partial charge < -0.3 is 10.5 Å². The first kappa shape index (κ1) is 9.12. The van der Waals surface area contributed by atoms with Crippen molar-refractivity contribution >= 4 is 5.97 Å². The van der Waals surface area contributed by atoms with Gasteiger partial charge in [0.25, 0.3) is 0 Å². The first-order chi connectivity index (χ1) is 5.57. The summed E-state index contributed by atoms with van der Waals surface area (Å²) in [5, 5.41) is 7.51. The third-order valence-electron chi connectivity index (χ3n) is 1.64. The van der Waals surface area contributed by atoms with Gasteiger partial charge in [-0.05, 0) is 13.8 Å². The monoisotopic (exact) mass is 171 g/mol. The zero-order valence-corrected chi connectivity index (χ0v) is 7.28. The van der Waals surface area contributed by atoms with Crippen molar-refractivity contribution in [1.82, 2.24) is 0 Å². The van der Waals surface area contributed by atoms with Gasteiger partial charge >= 0.3 is 5.97 Å². The lowest BCUT2D eigenvalue weighted by molar-refractivity contribution is -0.145. The molecule has 1 rings (SSSR count). The minimum absolute atomic E-state index is 0.359. The predicted octanol–water partition coefficient (Wildman–Crippen LogP) is 0.449. The van der Waals surface area contributed by atoms with Gasteiger partial charge in [-0.3, -0.25) is 4.79 Å². The SMILES string of the molecule is CCOC(=O)C(N)CC1(C)N=N1. The van der Waals surface area contributed by atoms with E-state index in [1.54, 1.807) is 6.92 Å². The Morgan fingerprint density at radius 3 is 2.67 bits per heavy atom. The van der Waals surface area contributed by atoms with Gasteiger partial charge in [0.1, 0.15) is 6.04 Å². The Balaban J connectivity index is 2.27. The topological polar surface area (TPSA) is 77.0 Å². The van der Waals surface area contributed by atoms with Gasteiger partial charge in [0.05, 0.1) is 6.61 Å². The second-order valence-corrected chi connectivity index (χ2v) is 2.98. The van der Waals surface area contributed by atoms with Crippen LogP contribution in [0.1, 0.15) is 20.3 Å². The fourth-order valence-corrected chi connectivity index (χ4v) is 0.916. The summed E-state index contributed by atoms with van der Waals surface area (Å²) in [6.45, 7) is 3.93. The third kappa shape index (κ3) is 2.27. The van der Waals surface area contributed by atoms with Crippen LogP contribution < -0.4 is 5.73 Å². The molecule has 1 unspecified atom stereocenters. The number of rotatable bonds is 4. The summed E-state index contributed by atoms with van der Waals surface area (Å²) in [7, 11) is 0. The average Bonchev–Trinajstić information content (AvgIpc) is 2.68. The van der Waals surface area contributed by atoms with Crippen molar-refractivity contribution in [2.45, 2.75) is 32.0 Å². The molecule has 1 heterocycles. The molecule has 2 N–H and O–H groups in total. The zero-order chi connectivity index (χ0) is 9.19. The molecule has 1 aliphatic rings. The van der Waals surface area contributed by atoms with E-state index < -0.39 is 11.7 Å². The van der Waals surface area contributed by atoms with E-state index in [1.807, 2.05) is 6.92 Å². The van der Waals surface area contributed by atoms with Gasteiger partial charge in [0.2, 0.25) is 0 Å². The van der Waals surface area contributed by atoms with Crippen molar-refractivity contribution in [3.05, 3.63) is 0 Å². The lowest BCUT2D eigenvalue weighted by atomic mass is 10.1. The first-order valence-corrected chi connectivity index (χ1v) is 3.94. The highest BCUT2D eigenvalue weighted by Crippen LogP contribution is 2.31. The van der Waals surface area contributed by atoms with E-state index in [2.05, 4.69) is 10.2 Å². The van der Waals surface area contributed by atoms with Crippen molar-refractivity contribution in [1.29, 1.82) is 0 Å². The van der Waals surface area contributed by atoms with E-state index in [0.29, 0.717) is 13.0 Å². The quantitative estimate of drug-likeness (QED) is 0.624. The fourth-order valence-electron chi connectivity index (χ4n) is 0.916. The number of carbonyl (C=O) groups excluding carboxylic acids is 1. The van der Waals surface area contributed by atoms with Crippen molar-refractivity contribution < 1.29 is 9.53 Å². The van der Waals surface area contributed by atoms with Gasteiger partial charge in [-0.1, -0.05) is 0 Å². The summed E-state index contributed by atoms with van der Waals surface area (Å²) in [6.07, 6.45) is 0.436. The van der Waals surface area contributed by atoms with Crippen LogP contribution in [-0.4, -0.2) is 24.3 Å². The van der Waals surface area contributed by atoms with Gasteiger partial charge in [-0.15, -0.1) is 0 Å². The van der Waals surface area contributed by atoms with Crippen molar-refractivity contribution in [3.8, 4) is 0 Å². The molecule has 5 heteroatoms. The van der Waals surface area contributed by atoms with Crippen LogP contribution in [0.3, 0.4) is 0 Å². The number of nitrogens with zero attached hydrogens (tertiary/aromatic N) is 2. The van der Waals surface area contributed by atoms with Crippen LogP contribution in [0.2, 0.25) is 0 Å². The number of nitrogens with two attached hydrogens (primary N) is 1. The average molecular weight is 171 g/mol. The van der Waals surface area contributed by atoms with E-state index in [0.717, 1.165) is 0 Å². The smallest absolute Gasteiger partial charge is 0.323 e. The summed E-state index contributed by atoms with van der Waals surface area (Å²) in [5.74, 6) is -0.379. The molecule has 0 saturated carbocycles. The standard InChI is InChI=1S/C7H13N3O2/c1-3-12-6(11)5(8)4-7(2)9-10-7/h5H,3-4,8H2,1-2H3. The molecule has 0 aromatic carbocycles. The predicted molar refractivity (Wildman–Crippen MR) is 42.5 cm³/mol. The molecule has 0 bridgehead atoms. The highest BCUT2D eigenvalue weighted by Gasteiger charge is 2.38. The van der Waals surface area contributed by atoms with Crippen molar-refractivity contribution in [2.75, 3.05) is 6.61 Å². The van der Waals surface area contributed by atoms with Gasteiger partial charge in [0.15, 0.2) is 5.66 Å². The molecule has 0 radical (unpaired) electrons. The molecule has 68 valence electrons. The zero-order valence-electron chi connectivity index (χ0n) is 7.28. The van der Waals surface area contributed by atoms with E-state index in [4.69, 9.17) is 10.5 Å². The Labute approximate surface area is 71.0 Å². The van der Waals surface area contributed by atoms with Gasteiger partial charge in [-0.25, -0.2) is 0 Å². The maximum absolute atomic E-state index is 11.0. The molecule has 0 fully saturated rings. The molecule has 1 atom stereocenters. The Bertz CT molecular complexity index is 209. The molecule has 0 amide bonds. The summed E-state index contributed by atoms with van der Waals surface area (Å²) in [5.41, 5.74) is 5.11. The van der Waals surface area contributed by atoms with Gasteiger partial charge in [0, 0.05) is 6.42 Å². The van der Waals surface area contributed by atoms with Crippen molar-refractivity contribution in [2.24, 2.45) is 16.0 Å². The molecular formula is C7H13N3O2. The number of esters is 1. The Morgan fingerprint density at radius 1 is 1.67 bits per heavy atom. The number of ether oxygens (including phenoxy) is 1. The third-order valence-corrected chi connectivity index (χ3v) is 1.64. The van der Waals surface area contributed by atoms with Crippen molar-refractivity contribution in [3.63, 3.8) is 0 Å². The summed E-state index contributed by atoms with van der Waals surface area (Å²) in [4.78, 5) is 11.0. The normalized spacial score (nSPS) is 20.2. The van der Waals surface area contributed by atoms with Crippen LogP contribution in [0.4, 0.5) is 0 Å². The molecule has 5 nitrogen and oxygen atoms in total. The summed E-state index contributed by atoms with van der Waals surface area (Å²) < 4.78 is 4.73. The Morgan fingerprint density at radius 2 is 2.25 bits per heavy atom. The molecule has 0 spiro atoms. The Kier molecular flexibility index (Phi) is 2.42. The molecule has 12 heavy (non-hydrogen) atoms. The molecule has 0 saturated heterocycles. The largest absolute Gasteiger partial charge is 0.465 e. The second-order valence-electron chi connectivity index (χ2n) is 2.98. The van der Waals surface area contributed by atoms with Crippen LogP contribution in [0.15, 0.2) is 10.2 Å². The second kappa shape index (κ2) is 3.18. The number of hydrogen-bond donors (Lipinski definition) is 1.